The van der Waals surface area contributed by atoms with Crippen LogP contribution >= 0.6 is 22.6 Å². The van der Waals surface area contributed by atoms with Gasteiger partial charge in [0, 0.05) is 47.8 Å². The van der Waals surface area contributed by atoms with Crippen LogP contribution in [0, 0.1) is 26.7 Å². The molecule has 1 heterocycles. The zero-order valence-corrected chi connectivity index (χ0v) is 24.4. The van der Waals surface area contributed by atoms with E-state index in [4.69, 9.17) is 15.9 Å². The van der Waals surface area contributed by atoms with Crippen molar-refractivity contribution >= 4 is 34.2 Å². The van der Waals surface area contributed by atoms with Crippen LogP contribution in [0.2, 0.25) is 0 Å². The van der Waals surface area contributed by atoms with Gasteiger partial charge >= 0.3 is 0 Å². The van der Waals surface area contributed by atoms with Crippen LogP contribution in [0.4, 0.5) is 0 Å². The van der Waals surface area contributed by atoms with Gasteiger partial charge in [0.05, 0.1) is 10.2 Å². The highest BCUT2D eigenvalue weighted by atomic mass is 127. The van der Waals surface area contributed by atoms with Crippen molar-refractivity contribution in [3.05, 3.63) is 43.8 Å². The monoisotopic (exact) mass is 601 g/mol. The van der Waals surface area contributed by atoms with Gasteiger partial charge in [-0.05, 0) is 77.8 Å². The van der Waals surface area contributed by atoms with Crippen LogP contribution in [0.1, 0.15) is 78.7 Å². The zero-order chi connectivity index (χ0) is 26.4. The van der Waals surface area contributed by atoms with E-state index in [1.54, 1.807) is 0 Å². The number of terminal acetylenes is 1. The summed E-state index contributed by atoms with van der Waals surface area (Å²) in [5.74, 6) is 3.56. The van der Waals surface area contributed by atoms with Gasteiger partial charge in [-0.3, -0.25) is 9.59 Å². The van der Waals surface area contributed by atoms with E-state index in [1.807, 2.05) is 19.1 Å². The van der Waals surface area contributed by atoms with Crippen LogP contribution in [0.15, 0.2) is 34.7 Å². The van der Waals surface area contributed by atoms with Crippen molar-refractivity contribution in [1.82, 2.24) is 4.90 Å². The second kappa shape index (κ2) is 9.89. The summed E-state index contributed by atoms with van der Waals surface area (Å²) in [5.41, 5.74) is 4.35. The molecule has 0 N–H and O–H groups in total. The molecular weight excluding hydrogens is 565 g/mol. The molecule has 5 nitrogen and oxygen atoms in total. The number of nitrogens with zero attached hydrogens (tertiary/aromatic N) is 1. The minimum absolute atomic E-state index is 0.127. The Morgan fingerprint density at radius 3 is 2.00 bits per heavy atom. The fraction of sp³-hybridized carbons (Fsp3) is 0.533. The maximum Gasteiger partial charge on any atom is 0.175 e. The first-order valence-electron chi connectivity index (χ1n) is 12.8. The molecule has 0 spiro atoms. The van der Waals surface area contributed by atoms with Crippen molar-refractivity contribution in [3.8, 4) is 23.8 Å². The number of hydrogen-bond acceptors (Lipinski definition) is 5. The molecule has 192 valence electrons. The van der Waals surface area contributed by atoms with Gasteiger partial charge in [-0.1, -0.05) is 33.6 Å². The highest BCUT2D eigenvalue weighted by molar-refractivity contribution is 14.1. The summed E-state index contributed by atoms with van der Waals surface area (Å²) in [5, 5.41) is 0. The van der Waals surface area contributed by atoms with Gasteiger partial charge in [-0.2, -0.15) is 0 Å². The molecule has 1 aromatic rings. The largest absolute Gasteiger partial charge is 0.490 e. The fourth-order valence-corrected chi connectivity index (χ4v) is 6.82. The molecule has 0 unspecified atom stereocenters. The smallest absolute Gasteiger partial charge is 0.175 e. The Morgan fingerprint density at radius 1 is 0.972 bits per heavy atom. The predicted molar refractivity (Wildman–Crippen MR) is 150 cm³/mol. The van der Waals surface area contributed by atoms with Crippen molar-refractivity contribution in [1.29, 1.82) is 0 Å². The third-order valence-electron chi connectivity index (χ3n) is 7.30. The van der Waals surface area contributed by atoms with Gasteiger partial charge in [-0.15, -0.1) is 6.42 Å². The van der Waals surface area contributed by atoms with E-state index in [0.717, 1.165) is 51.1 Å². The molecule has 4 rings (SSSR count). The first kappa shape index (κ1) is 26.8. The van der Waals surface area contributed by atoms with E-state index >= 15 is 0 Å². The standard InChI is InChI=1S/C30H36INO4/c1-8-11-36-28-19(31)12-18(13-24(28)35-10-3)25-26-20(14-29(4,5)16-22(26)33)32(9-2)21-15-30(6,7)17-23(34)27(21)25/h1,12-13,25H,9-11,14-17H2,2-7H3. The lowest BCUT2D eigenvalue weighted by atomic mass is 9.63. The Hall–Kier alpha value is -2.27. The molecule has 1 aromatic carbocycles. The number of ether oxygens (including phenoxy) is 2. The Balaban J connectivity index is 1.99. The van der Waals surface area contributed by atoms with Gasteiger partial charge < -0.3 is 14.4 Å². The molecule has 0 fully saturated rings. The number of allylic oxidation sites excluding steroid dienone is 4. The number of rotatable bonds is 6. The van der Waals surface area contributed by atoms with E-state index in [-0.39, 0.29) is 29.0 Å². The summed E-state index contributed by atoms with van der Waals surface area (Å²) in [6.07, 6.45) is 8.00. The third-order valence-corrected chi connectivity index (χ3v) is 8.10. The quantitative estimate of drug-likeness (QED) is 0.279. The van der Waals surface area contributed by atoms with E-state index in [1.165, 1.54) is 0 Å². The van der Waals surface area contributed by atoms with Crippen molar-refractivity contribution < 1.29 is 19.1 Å². The molecule has 0 aromatic heterocycles. The topological polar surface area (TPSA) is 55.8 Å². The van der Waals surface area contributed by atoms with E-state index in [9.17, 15) is 9.59 Å². The number of halogens is 1. The average molecular weight is 602 g/mol. The fourth-order valence-electron chi connectivity index (χ4n) is 6.03. The Morgan fingerprint density at radius 2 is 1.53 bits per heavy atom. The van der Waals surface area contributed by atoms with E-state index in [0.29, 0.717) is 30.9 Å². The Labute approximate surface area is 228 Å². The average Bonchev–Trinajstić information content (AvgIpc) is 2.75. The van der Waals surface area contributed by atoms with Crippen LogP contribution in [0.25, 0.3) is 0 Å². The Kier molecular flexibility index (Phi) is 7.36. The predicted octanol–water partition coefficient (Wildman–Crippen LogP) is 6.41. The minimum Gasteiger partial charge on any atom is -0.490 e. The van der Waals surface area contributed by atoms with Gasteiger partial charge in [0.1, 0.15) is 6.61 Å². The van der Waals surface area contributed by atoms with Crippen molar-refractivity contribution in [2.24, 2.45) is 10.8 Å². The lowest BCUT2D eigenvalue weighted by Crippen LogP contribution is -2.44. The molecule has 0 amide bonds. The van der Waals surface area contributed by atoms with E-state index < -0.39 is 5.92 Å². The minimum atomic E-state index is -0.403. The van der Waals surface area contributed by atoms with Gasteiger partial charge in [0.25, 0.3) is 0 Å². The van der Waals surface area contributed by atoms with E-state index in [2.05, 4.69) is 68.0 Å². The molecule has 36 heavy (non-hydrogen) atoms. The van der Waals surface area contributed by atoms with Gasteiger partial charge in [-0.25, -0.2) is 0 Å². The number of hydrogen-bond donors (Lipinski definition) is 0. The summed E-state index contributed by atoms with van der Waals surface area (Å²) >= 11 is 2.23. The molecule has 0 radical (unpaired) electrons. The molecule has 1 aliphatic heterocycles. The SMILES string of the molecule is C#CCOc1c(I)cc(C2C3=C(CC(C)(C)CC3=O)N(CC)C3=C2C(=O)CC(C)(C)C3)cc1OCC. The molecular formula is C30H36INO4. The second-order valence-corrected chi connectivity index (χ2v) is 12.7. The van der Waals surface area contributed by atoms with Crippen LogP contribution in [0.5, 0.6) is 11.5 Å². The summed E-state index contributed by atoms with van der Waals surface area (Å²) in [6, 6.07) is 3.97. The zero-order valence-electron chi connectivity index (χ0n) is 22.2. The molecule has 0 saturated heterocycles. The molecule has 0 atom stereocenters. The summed E-state index contributed by atoms with van der Waals surface area (Å²) in [6.45, 7) is 14.0. The first-order valence-corrected chi connectivity index (χ1v) is 13.8. The number of carbonyl (C=O) groups excluding carboxylic acids is 2. The van der Waals surface area contributed by atoms with Crippen LogP contribution in [-0.2, 0) is 9.59 Å². The summed E-state index contributed by atoms with van der Waals surface area (Å²) < 4.78 is 12.6. The number of Topliss-reactive ketones (excluding diaryl/α,β-unsaturated/α-hetero) is 2. The summed E-state index contributed by atoms with van der Waals surface area (Å²) in [7, 11) is 0. The van der Waals surface area contributed by atoms with Crippen molar-refractivity contribution in [3.63, 3.8) is 0 Å². The Bertz CT molecular complexity index is 1160. The highest BCUT2D eigenvalue weighted by Gasteiger charge is 2.48. The van der Waals surface area contributed by atoms with Crippen LogP contribution in [0.3, 0.4) is 0 Å². The molecule has 3 aliphatic rings. The highest BCUT2D eigenvalue weighted by Crippen LogP contribution is 2.55. The first-order chi connectivity index (χ1) is 16.9. The van der Waals surface area contributed by atoms with Gasteiger partial charge in [0.2, 0.25) is 0 Å². The lowest BCUT2D eigenvalue weighted by molar-refractivity contribution is -0.119. The molecule has 6 heteroatoms. The lowest BCUT2D eigenvalue weighted by Gasteiger charge is -2.49. The van der Waals surface area contributed by atoms with Crippen molar-refractivity contribution in [2.75, 3.05) is 19.8 Å². The maximum absolute atomic E-state index is 13.8. The normalized spacial score (nSPS) is 21.2. The van der Waals surface area contributed by atoms with Crippen molar-refractivity contribution in [2.45, 2.75) is 73.1 Å². The number of ketones is 2. The van der Waals surface area contributed by atoms with Crippen LogP contribution in [-0.4, -0.2) is 36.2 Å². The molecule has 0 saturated carbocycles. The molecule has 0 bridgehead atoms. The maximum atomic E-state index is 13.8. The van der Waals surface area contributed by atoms with Crippen LogP contribution < -0.4 is 9.47 Å². The summed E-state index contributed by atoms with van der Waals surface area (Å²) in [4.78, 5) is 29.9. The molecule has 2 aliphatic carbocycles. The third kappa shape index (κ3) is 4.83. The number of carbonyl (C=O) groups is 2. The number of benzene rings is 1. The van der Waals surface area contributed by atoms with Gasteiger partial charge in [0.15, 0.2) is 23.1 Å². The second-order valence-electron chi connectivity index (χ2n) is 11.5.